The van der Waals surface area contributed by atoms with E-state index in [-0.39, 0.29) is 42.9 Å². The van der Waals surface area contributed by atoms with Crippen molar-refractivity contribution in [2.75, 3.05) is 20.2 Å². The zero-order chi connectivity index (χ0) is 25.4. The molecule has 0 bridgehead atoms. The molecule has 36 heavy (non-hydrogen) atoms. The highest BCUT2D eigenvalue weighted by molar-refractivity contribution is 6.05. The molecule has 3 aliphatic rings. The van der Waals surface area contributed by atoms with Crippen LogP contribution in [0.3, 0.4) is 0 Å². The van der Waals surface area contributed by atoms with E-state index in [0.717, 1.165) is 37.1 Å². The van der Waals surface area contributed by atoms with Crippen molar-refractivity contribution in [2.45, 2.75) is 50.7 Å². The second-order valence-corrected chi connectivity index (χ2v) is 9.59. The van der Waals surface area contributed by atoms with E-state index in [1.54, 1.807) is 25.3 Å². The Morgan fingerprint density at radius 3 is 2.61 bits per heavy atom. The van der Waals surface area contributed by atoms with E-state index in [1.807, 2.05) is 6.07 Å². The van der Waals surface area contributed by atoms with Gasteiger partial charge in [-0.2, -0.15) is 0 Å². The van der Waals surface area contributed by atoms with Gasteiger partial charge in [-0.1, -0.05) is 18.2 Å². The largest absolute Gasteiger partial charge is 0.498 e. The van der Waals surface area contributed by atoms with E-state index < -0.39 is 11.9 Å². The van der Waals surface area contributed by atoms with Gasteiger partial charge in [-0.05, 0) is 61.5 Å². The summed E-state index contributed by atoms with van der Waals surface area (Å²) in [6.07, 6.45) is 2.03. The molecule has 2 aromatic carbocycles. The summed E-state index contributed by atoms with van der Waals surface area (Å²) in [5, 5.41) is 2.29. The highest BCUT2D eigenvalue weighted by Crippen LogP contribution is 2.36. The van der Waals surface area contributed by atoms with Crippen LogP contribution in [0.1, 0.15) is 58.6 Å². The maximum absolute atomic E-state index is 15.2. The number of hydrogen-bond acceptors (Lipinski definition) is 5. The molecule has 3 amide bonds. The van der Waals surface area contributed by atoms with Crippen LogP contribution < -0.4 is 10.1 Å². The lowest BCUT2D eigenvalue weighted by atomic mass is 9.87. The highest BCUT2D eigenvalue weighted by Gasteiger charge is 2.40. The summed E-state index contributed by atoms with van der Waals surface area (Å²) in [5.74, 6) is -0.821. The number of halogens is 1. The molecular weight excluding hydrogens is 463 g/mol. The lowest BCUT2D eigenvalue weighted by molar-refractivity contribution is -0.136. The van der Waals surface area contributed by atoms with Crippen LogP contribution >= 0.6 is 0 Å². The topological polar surface area (TPSA) is 83.3 Å². The monoisotopic (exact) mass is 490 g/mol. The van der Waals surface area contributed by atoms with Crippen LogP contribution in [-0.2, 0) is 22.7 Å². The van der Waals surface area contributed by atoms with Crippen molar-refractivity contribution < 1.29 is 23.5 Å². The van der Waals surface area contributed by atoms with Crippen molar-refractivity contribution in [1.82, 2.24) is 15.1 Å². The molecule has 0 radical (unpaired) electrons. The van der Waals surface area contributed by atoms with Crippen molar-refractivity contribution >= 4 is 23.4 Å². The molecule has 186 valence electrons. The molecule has 9 heteroatoms. The van der Waals surface area contributed by atoms with Gasteiger partial charge >= 0.3 is 0 Å². The predicted molar refractivity (Wildman–Crippen MR) is 129 cm³/mol. The Hall–Kier alpha value is -3.77. The molecule has 0 saturated carbocycles. The molecular formula is C27H27FN4O4. The second kappa shape index (κ2) is 9.70. The van der Waals surface area contributed by atoms with Crippen molar-refractivity contribution in [1.29, 1.82) is 0 Å². The first-order valence-corrected chi connectivity index (χ1v) is 12.1. The Labute approximate surface area is 208 Å². The van der Waals surface area contributed by atoms with Gasteiger partial charge < -0.3 is 9.64 Å². The van der Waals surface area contributed by atoms with E-state index >= 15 is 4.39 Å². The first-order valence-electron chi connectivity index (χ1n) is 12.1. The Kier molecular flexibility index (Phi) is 6.46. The normalized spacial score (nSPS) is 20.8. The summed E-state index contributed by atoms with van der Waals surface area (Å²) >= 11 is 0. The fourth-order valence-corrected chi connectivity index (χ4v) is 5.50. The SMILES string of the molecule is [C-]#[N+]c1ccc(CN2CCC(c3cc4c(cc3F)C(=O)N(C3CCC(=O)NC3=O)C4)CC2)c(OC)c1. The first-order chi connectivity index (χ1) is 17.4. The lowest BCUT2D eigenvalue weighted by Crippen LogP contribution is -2.52. The third-order valence-corrected chi connectivity index (χ3v) is 7.46. The van der Waals surface area contributed by atoms with Crippen LogP contribution in [0.5, 0.6) is 5.75 Å². The molecule has 0 aromatic heterocycles. The smallest absolute Gasteiger partial charge is 0.255 e. The summed E-state index contributed by atoms with van der Waals surface area (Å²) in [6.45, 7) is 9.68. The number of methoxy groups -OCH3 is 1. The molecule has 1 atom stereocenters. The molecule has 2 aromatic rings. The van der Waals surface area contributed by atoms with Gasteiger partial charge in [0.1, 0.15) is 17.6 Å². The molecule has 0 spiro atoms. The fraction of sp³-hybridized carbons (Fsp3) is 0.407. The zero-order valence-corrected chi connectivity index (χ0v) is 20.1. The zero-order valence-electron chi connectivity index (χ0n) is 20.1. The molecule has 3 heterocycles. The number of imide groups is 1. The van der Waals surface area contributed by atoms with Crippen LogP contribution in [0.25, 0.3) is 4.85 Å². The van der Waals surface area contributed by atoms with Gasteiger partial charge in [-0.25, -0.2) is 9.24 Å². The van der Waals surface area contributed by atoms with Gasteiger partial charge in [-0.3, -0.25) is 24.6 Å². The van der Waals surface area contributed by atoms with Crippen molar-refractivity contribution in [3.63, 3.8) is 0 Å². The van der Waals surface area contributed by atoms with Crippen LogP contribution in [0, 0.1) is 12.4 Å². The Morgan fingerprint density at radius 1 is 1.14 bits per heavy atom. The number of benzene rings is 2. The summed E-state index contributed by atoms with van der Waals surface area (Å²) in [4.78, 5) is 43.9. The van der Waals surface area contributed by atoms with E-state index in [2.05, 4.69) is 15.1 Å². The predicted octanol–water partition coefficient (Wildman–Crippen LogP) is 3.53. The number of nitrogens with one attached hydrogen (secondary N) is 1. The van der Waals surface area contributed by atoms with Crippen LogP contribution in [-0.4, -0.2) is 53.8 Å². The lowest BCUT2D eigenvalue weighted by Gasteiger charge is -2.32. The minimum Gasteiger partial charge on any atom is -0.498 e. The third-order valence-electron chi connectivity index (χ3n) is 7.46. The number of ether oxygens (including phenoxy) is 1. The number of nitrogens with zero attached hydrogens (tertiary/aromatic N) is 3. The number of hydrogen-bond donors (Lipinski definition) is 1. The van der Waals surface area contributed by atoms with Gasteiger partial charge in [0.05, 0.1) is 13.7 Å². The molecule has 2 fully saturated rings. The minimum absolute atomic E-state index is 0.0395. The highest BCUT2D eigenvalue weighted by atomic mass is 19.1. The number of piperidine rings is 2. The maximum atomic E-state index is 15.2. The number of rotatable bonds is 5. The van der Waals surface area contributed by atoms with Gasteiger partial charge in [0.2, 0.25) is 11.8 Å². The second-order valence-electron chi connectivity index (χ2n) is 9.59. The van der Waals surface area contributed by atoms with Crippen molar-refractivity contribution in [3.8, 4) is 5.75 Å². The van der Waals surface area contributed by atoms with Gasteiger partial charge in [0.25, 0.3) is 5.91 Å². The van der Waals surface area contributed by atoms with Gasteiger partial charge in [0.15, 0.2) is 5.69 Å². The average molecular weight is 491 g/mol. The molecule has 2 saturated heterocycles. The molecule has 1 unspecified atom stereocenters. The third kappa shape index (κ3) is 4.44. The van der Waals surface area contributed by atoms with E-state index in [9.17, 15) is 14.4 Å². The average Bonchev–Trinajstić information content (AvgIpc) is 3.19. The minimum atomic E-state index is -0.710. The van der Waals surface area contributed by atoms with Gasteiger partial charge in [-0.15, -0.1) is 0 Å². The summed E-state index contributed by atoms with van der Waals surface area (Å²) < 4.78 is 20.6. The first kappa shape index (κ1) is 23.9. The maximum Gasteiger partial charge on any atom is 0.255 e. The number of carbonyl (C=O) groups is 3. The van der Waals surface area contributed by atoms with E-state index in [0.29, 0.717) is 29.1 Å². The molecule has 8 nitrogen and oxygen atoms in total. The number of carbonyl (C=O) groups excluding carboxylic acids is 3. The molecule has 5 rings (SSSR count). The summed E-state index contributed by atoms with van der Waals surface area (Å²) in [6, 6.07) is 7.85. The van der Waals surface area contributed by atoms with Crippen molar-refractivity contribution in [2.24, 2.45) is 0 Å². The molecule has 1 N–H and O–H groups in total. The number of fused-ring (bicyclic) bond motifs is 1. The quantitative estimate of drug-likeness (QED) is 0.512. The Morgan fingerprint density at radius 2 is 1.92 bits per heavy atom. The number of amides is 3. The van der Waals surface area contributed by atoms with E-state index in [1.165, 1.54) is 11.0 Å². The standard InChI is InChI=1S/C27H27FN4O4/c1-29-19-4-3-17(24(12-19)36-2)14-31-9-7-16(8-10-31)20-11-18-15-32(27(35)21(18)13-22(20)28)23-5-6-25(33)30-26(23)34/h3-4,11-13,16,23H,5-10,14-15H2,2H3,(H,30,33,34). The van der Waals surface area contributed by atoms with Crippen molar-refractivity contribution in [3.05, 3.63) is 69.8 Å². The Balaban J connectivity index is 1.26. The number of likely N-dealkylation sites (tertiary alicyclic amines) is 1. The summed E-state index contributed by atoms with van der Waals surface area (Å²) in [7, 11) is 1.60. The Bertz CT molecular complexity index is 1280. The summed E-state index contributed by atoms with van der Waals surface area (Å²) in [5.41, 5.74) is 3.20. The van der Waals surface area contributed by atoms with E-state index in [4.69, 9.17) is 11.3 Å². The van der Waals surface area contributed by atoms with Crippen LogP contribution in [0.15, 0.2) is 30.3 Å². The van der Waals surface area contributed by atoms with Crippen LogP contribution in [0.4, 0.5) is 10.1 Å². The molecule has 0 aliphatic carbocycles. The fourth-order valence-electron chi connectivity index (χ4n) is 5.50. The van der Waals surface area contributed by atoms with Gasteiger partial charge in [0, 0.05) is 30.6 Å². The molecule has 3 aliphatic heterocycles. The van der Waals surface area contributed by atoms with Crippen LogP contribution in [0.2, 0.25) is 0 Å².